The lowest BCUT2D eigenvalue weighted by Gasteiger charge is -2.11. The number of carbonyl (C=O) groups excluding carboxylic acids is 1. The molecule has 0 saturated carbocycles. The molecule has 3 aromatic carbocycles. The van der Waals surface area contributed by atoms with Gasteiger partial charge in [0.15, 0.2) is 0 Å². The van der Waals surface area contributed by atoms with Crippen LogP contribution in [0.2, 0.25) is 0 Å². The average molecular weight is 419 g/mol. The monoisotopic (exact) mass is 419 g/mol. The summed E-state index contributed by atoms with van der Waals surface area (Å²) in [6.45, 7) is 0.560. The van der Waals surface area contributed by atoms with Gasteiger partial charge in [-0.05, 0) is 30.7 Å². The van der Waals surface area contributed by atoms with E-state index in [0.717, 1.165) is 22.0 Å². The number of hydrogen-bond donors (Lipinski definition) is 2. The Labute approximate surface area is 177 Å². The summed E-state index contributed by atoms with van der Waals surface area (Å²) in [6.07, 6.45) is 0.902. The highest BCUT2D eigenvalue weighted by Gasteiger charge is 2.14. The third-order valence-corrected chi connectivity index (χ3v) is 4.96. The maximum Gasteiger partial charge on any atom is 0.269 e. The van der Waals surface area contributed by atoms with Crippen molar-refractivity contribution in [2.75, 3.05) is 24.3 Å². The molecule has 0 saturated heterocycles. The van der Waals surface area contributed by atoms with Crippen molar-refractivity contribution < 1.29 is 18.9 Å². The van der Waals surface area contributed by atoms with Crippen LogP contribution in [0.3, 0.4) is 0 Å². The van der Waals surface area contributed by atoms with Gasteiger partial charge in [-0.2, -0.15) is 0 Å². The number of benzene rings is 3. The minimum absolute atomic E-state index is 0.0419. The Kier molecular flexibility index (Phi) is 5.70. The summed E-state index contributed by atoms with van der Waals surface area (Å²) in [6, 6.07) is 17.6. The number of fused-ring (bicyclic) bond motifs is 3. The van der Waals surface area contributed by atoms with Crippen molar-refractivity contribution in [1.82, 2.24) is 0 Å². The normalized spacial score (nSPS) is 10.9. The maximum atomic E-state index is 12.4. The number of nitro benzene ring substituents is 1. The minimum Gasteiger partial charge on any atom is -0.495 e. The highest BCUT2D eigenvalue weighted by Crippen LogP contribution is 2.36. The van der Waals surface area contributed by atoms with Crippen molar-refractivity contribution >= 4 is 44.9 Å². The van der Waals surface area contributed by atoms with Gasteiger partial charge in [0.2, 0.25) is 5.91 Å². The lowest BCUT2D eigenvalue weighted by molar-refractivity contribution is -0.384. The molecule has 0 spiro atoms. The summed E-state index contributed by atoms with van der Waals surface area (Å²) in [5.41, 5.74) is 2.82. The molecule has 0 aliphatic heterocycles. The van der Waals surface area contributed by atoms with E-state index in [-0.39, 0.29) is 11.6 Å². The molecule has 8 heteroatoms. The molecule has 0 atom stereocenters. The number of rotatable bonds is 8. The van der Waals surface area contributed by atoms with Crippen LogP contribution in [0.25, 0.3) is 21.9 Å². The molecule has 0 aliphatic rings. The fourth-order valence-electron chi connectivity index (χ4n) is 3.41. The standard InChI is InChI=1S/C23H21N3O5/c1-30-22-13-18-17-5-2-3-6-20(17)31-21(18)14-19(22)25-23(27)7-4-12-24-15-8-10-16(11-9-15)26(28)29/h2-3,5-6,8-11,13-14,24H,4,7,12H2,1H3,(H,25,27). The molecule has 2 N–H and O–H groups in total. The highest BCUT2D eigenvalue weighted by molar-refractivity contribution is 6.07. The molecule has 31 heavy (non-hydrogen) atoms. The van der Waals surface area contributed by atoms with Gasteiger partial charge in [-0.25, -0.2) is 0 Å². The van der Waals surface area contributed by atoms with Crippen LogP contribution in [0.1, 0.15) is 12.8 Å². The largest absolute Gasteiger partial charge is 0.495 e. The Bertz CT molecular complexity index is 1250. The first-order valence-corrected chi connectivity index (χ1v) is 9.82. The predicted molar refractivity (Wildman–Crippen MR) is 120 cm³/mol. The van der Waals surface area contributed by atoms with Gasteiger partial charge in [-0.3, -0.25) is 14.9 Å². The van der Waals surface area contributed by atoms with E-state index in [2.05, 4.69) is 10.6 Å². The number of furan rings is 1. The van der Waals surface area contributed by atoms with Crippen LogP contribution in [-0.4, -0.2) is 24.5 Å². The first kappa shape index (κ1) is 20.2. The summed E-state index contributed by atoms with van der Waals surface area (Å²) in [5, 5.41) is 18.6. The lowest BCUT2D eigenvalue weighted by Crippen LogP contribution is -2.14. The molecule has 1 aromatic heterocycles. The number of ether oxygens (including phenoxy) is 1. The Morgan fingerprint density at radius 2 is 1.84 bits per heavy atom. The van der Waals surface area contributed by atoms with Crippen molar-refractivity contribution in [2.45, 2.75) is 12.8 Å². The smallest absolute Gasteiger partial charge is 0.269 e. The Morgan fingerprint density at radius 3 is 2.58 bits per heavy atom. The van der Waals surface area contributed by atoms with Crippen LogP contribution >= 0.6 is 0 Å². The average Bonchev–Trinajstić information content (AvgIpc) is 3.13. The van der Waals surface area contributed by atoms with E-state index < -0.39 is 4.92 Å². The van der Waals surface area contributed by atoms with Gasteiger partial charge in [-0.1, -0.05) is 18.2 Å². The molecule has 4 rings (SSSR count). The summed E-state index contributed by atoms with van der Waals surface area (Å²) in [5.74, 6) is 0.427. The van der Waals surface area contributed by atoms with E-state index in [1.54, 1.807) is 25.3 Å². The van der Waals surface area contributed by atoms with Crippen LogP contribution in [0.5, 0.6) is 5.75 Å². The van der Waals surface area contributed by atoms with Crippen LogP contribution in [0.15, 0.2) is 65.1 Å². The second kappa shape index (κ2) is 8.74. The second-order valence-corrected chi connectivity index (χ2v) is 7.03. The van der Waals surface area contributed by atoms with E-state index in [0.29, 0.717) is 36.4 Å². The van der Waals surface area contributed by atoms with E-state index in [4.69, 9.17) is 9.15 Å². The highest BCUT2D eigenvalue weighted by atomic mass is 16.6. The van der Waals surface area contributed by atoms with Gasteiger partial charge in [0, 0.05) is 47.6 Å². The fraction of sp³-hybridized carbons (Fsp3) is 0.174. The summed E-state index contributed by atoms with van der Waals surface area (Å²) >= 11 is 0. The molecule has 0 fully saturated rings. The van der Waals surface area contributed by atoms with Crippen LogP contribution in [0, 0.1) is 10.1 Å². The number of para-hydroxylation sites is 1. The molecule has 0 radical (unpaired) electrons. The van der Waals surface area contributed by atoms with Crippen molar-refractivity contribution in [3.8, 4) is 5.75 Å². The number of nitrogens with zero attached hydrogens (tertiary/aromatic N) is 1. The fourth-order valence-corrected chi connectivity index (χ4v) is 3.41. The van der Waals surface area contributed by atoms with Crippen molar-refractivity contribution in [3.63, 3.8) is 0 Å². The first-order chi connectivity index (χ1) is 15.0. The van der Waals surface area contributed by atoms with Gasteiger partial charge < -0.3 is 19.8 Å². The van der Waals surface area contributed by atoms with Crippen LogP contribution in [-0.2, 0) is 4.79 Å². The van der Waals surface area contributed by atoms with Crippen molar-refractivity contribution in [1.29, 1.82) is 0 Å². The van der Waals surface area contributed by atoms with E-state index >= 15 is 0 Å². The van der Waals surface area contributed by atoms with Crippen LogP contribution < -0.4 is 15.4 Å². The van der Waals surface area contributed by atoms with Crippen molar-refractivity contribution in [2.24, 2.45) is 0 Å². The number of amides is 1. The number of anilines is 2. The number of methoxy groups -OCH3 is 1. The van der Waals surface area contributed by atoms with E-state index in [9.17, 15) is 14.9 Å². The molecule has 0 unspecified atom stereocenters. The molecular weight excluding hydrogens is 398 g/mol. The second-order valence-electron chi connectivity index (χ2n) is 7.03. The van der Waals surface area contributed by atoms with Gasteiger partial charge in [0.1, 0.15) is 16.9 Å². The molecule has 0 bridgehead atoms. The summed E-state index contributed by atoms with van der Waals surface area (Å²) in [7, 11) is 1.56. The van der Waals surface area contributed by atoms with Gasteiger partial charge in [-0.15, -0.1) is 0 Å². The minimum atomic E-state index is -0.439. The number of nitro groups is 1. The quantitative estimate of drug-likeness (QED) is 0.227. The van der Waals surface area contributed by atoms with E-state index in [1.807, 2.05) is 30.3 Å². The number of carbonyl (C=O) groups is 1. The number of non-ortho nitro benzene ring substituents is 1. The third kappa shape index (κ3) is 4.42. The molecule has 1 amide bonds. The Hall–Kier alpha value is -4.07. The number of nitrogens with one attached hydrogen (secondary N) is 2. The summed E-state index contributed by atoms with van der Waals surface area (Å²) < 4.78 is 11.4. The molecule has 158 valence electrons. The molecule has 8 nitrogen and oxygen atoms in total. The van der Waals surface area contributed by atoms with Gasteiger partial charge in [0.25, 0.3) is 5.69 Å². The Balaban J connectivity index is 1.36. The molecule has 4 aromatic rings. The Morgan fingerprint density at radius 1 is 1.06 bits per heavy atom. The van der Waals surface area contributed by atoms with Gasteiger partial charge in [0.05, 0.1) is 17.7 Å². The summed E-state index contributed by atoms with van der Waals surface area (Å²) in [4.78, 5) is 22.7. The van der Waals surface area contributed by atoms with Crippen molar-refractivity contribution in [3.05, 3.63) is 70.8 Å². The molecule has 1 heterocycles. The zero-order valence-corrected chi connectivity index (χ0v) is 16.9. The SMILES string of the molecule is COc1cc2c(cc1NC(=O)CCCNc1ccc([N+](=O)[O-])cc1)oc1ccccc12. The topological polar surface area (TPSA) is 107 Å². The zero-order valence-electron chi connectivity index (χ0n) is 16.9. The first-order valence-electron chi connectivity index (χ1n) is 9.82. The van der Waals surface area contributed by atoms with Crippen LogP contribution in [0.4, 0.5) is 17.1 Å². The third-order valence-electron chi connectivity index (χ3n) is 4.96. The molecular formula is C23H21N3O5. The van der Waals surface area contributed by atoms with Gasteiger partial charge >= 0.3 is 0 Å². The zero-order chi connectivity index (χ0) is 21.8. The predicted octanol–water partition coefficient (Wildman–Crippen LogP) is 5.33. The lowest BCUT2D eigenvalue weighted by atomic mass is 10.1. The van der Waals surface area contributed by atoms with E-state index in [1.165, 1.54) is 12.1 Å². The maximum absolute atomic E-state index is 12.4. The molecule has 0 aliphatic carbocycles. The number of hydrogen-bond acceptors (Lipinski definition) is 6.